The molecular weight excluding hydrogens is 276 g/mol. The van der Waals surface area contributed by atoms with Crippen molar-refractivity contribution < 1.29 is 9.53 Å². The monoisotopic (exact) mass is 284 g/mol. The molecule has 2 aromatic rings. The Hall–Kier alpha value is -0.870. The van der Waals surface area contributed by atoms with Crippen molar-refractivity contribution in [2.45, 2.75) is 5.33 Å². The van der Waals surface area contributed by atoms with Gasteiger partial charge in [0, 0.05) is 10.0 Å². The van der Waals surface area contributed by atoms with Crippen LogP contribution in [0, 0.1) is 0 Å². The van der Waals surface area contributed by atoms with Crippen LogP contribution in [0.5, 0.6) is 0 Å². The maximum absolute atomic E-state index is 11.4. The van der Waals surface area contributed by atoms with Gasteiger partial charge in [-0.05, 0) is 23.1 Å². The van der Waals surface area contributed by atoms with E-state index in [9.17, 15) is 4.79 Å². The van der Waals surface area contributed by atoms with Gasteiger partial charge in [-0.2, -0.15) is 0 Å². The maximum atomic E-state index is 11.4. The molecule has 0 saturated carbocycles. The van der Waals surface area contributed by atoms with E-state index in [1.165, 1.54) is 24.0 Å². The van der Waals surface area contributed by atoms with Crippen LogP contribution in [0.4, 0.5) is 0 Å². The van der Waals surface area contributed by atoms with Gasteiger partial charge in [-0.15, -0.1) is 11.3 Å². The van der Waals surface area contributed by atoms with Crippen molar-refractivity contribution in [1.29, 1.82) is 0 Å². The van der Waals surface area contributed by atoms with Gasteiger partial charge in [-0.3, -0.25) is 0 Å². The SMILES string of the molecule is COC(=O)c1cc2c(CBr)cccc2s1. The van der Waals surface area contributed by atoms with Gasteiger partial charge in [0.15, 0.2) is 0 Å². The first kappa shape index (κ1) is 10.6. The van der Waals surface area contributed by atoms with E-state index in [-0.39, 0.29) is 5.97 Å². The number of alkyl halides is 1. The van der Waals surface area contributed by atoms with Crippen molar-refractivity contribution in [3.63, 3.8) is 0 Å². The number of esters is 1. The summed E-state index contributed by atoms with van der Waals surface area (Å²) in [5.41, 5.74) is 1.19. The van der Waals surface area contributed by atoms with Crippen LogP contribution < -0.4 is 0 Å². The number of thiophene rings is 1. The van der Waals surface area contributed by atoms with Crippen molar-refractivity contribution in [1.82, 2.24) is 0 Å². The summed E-state index contributed by atoms with van der Waals surface area (Å²) in [4.78, 5) is 12.0. The molecule has 0 amide bonds. The molecular formula is C11H9BrO2S. The van der Waals surface area contributed by atoms with Crippen LogP contribution in [0.1, 0.15) is 15.2 Å². The highest BCUT2D eigenvalue weighted by Crippen LogP contribution is 2.29. The minimum absolute atomic E-state index is 0.267. The number of halogens is 1. The first-order chi connectivity index (χ1) is 7.26. The summed E-state index contributed by atoms with van der Waals surface area (Å²) in [6.07, 6.45) is 0. The highest BCUT2D eigenvalue weighted by Gasteiger charge is 2.11. The molecule has 0 N–H and O–H groups in total. The fourth-order valence-electron chi connectivity index (χ4n) is 1.44. The van der Waals surface area contributed by atoms with Gasteiger partial charge in [0.1, 0.15) is 4.88 Å². The first-order valence-corrected chi connectivity index (χ1v) is 6.35. The molecule has 0 aliphatic carbocycles. The van der Waals surface area contributed by atoms with Gasteiger partial charge in [-0.25, -0.2) is 4.79 Å². The first-order valence-electron chi connectivity index (χ1n) is 4.42. The Kier molecular flexibility index (Phi) is 3.07. The fourth-order valence-corrected chi connectivity index (χ4v) is 2.95. The summed E-state index contributed by atoms with van der Waals surface area (Å²) in [6.45, 7) is 0. The molecule has 2 nitrogen and oxygen atoms in total. The normalized spacial score (nSPS) is 10.5. The lowest BCUT2D eigenvalue weighted by molar-refractivity contribution is 0.0606. The number of ether oxygens (including phenoxy) is 1. The number of methoxy groups -OCH3 is 1. The van der Waals surface area contributed by atoms with Crippen molar-refractivity contribution in [2.24, 2.45) is 0 Å². The number of hydrogen-bond donors (Lipinski definition) is 0. The van der Waals surface area contributed by atoms with Gasteiger partial charge in [0.25, 0.3) is 0 Å². The zero-order valence-corrected chi connectivity index (χ0v) is 10.5. The second kappa shape index (κ2) is 4.33. The predicted octanol–water partition coefficient (Wildman–Crippen LogP) is 3.58. The van der Waals surface area contributed by atoms with Gasteiger partial charge in [0.05, 0.1) is 7.11 Å². The molecule has 1 aromatic carbocycles. The number of benzene rings is 1. The van der Waals surface area contributed by atoms with Gasteiger partial charge in [0.2, 0.25) is 0 Å². The Labute approximate surface area is 100.0 Å². The predicted molar refractivity (Wildman–Crippen MR) is 65.8 cm³/mol. The molecule has 4 heteroatoms. The van der Waals surface area contributed by atoms with Crippen LogP contribution >= 0.6 is 27.3 Å². The van der Waals surface area contributed by atoms with Crippen LogP contribution in [0.3, 0.4) is 0 Å². The smallest absolute Gasteiger partial charge is 0.348 e. The second-order valence-corrected chi connectivity index (χ2v) is 4.71. The van der Waals surface area contributed by atoms with Crippen LogP contribution in [-0.4, -0.2) is 13.1 Å². The molecule has 1 heterocycles. The third-order valence-electron chi connectivity index (χ3n) is 2.18. The van der Waals surface area contributed by atoms with E-state index in [0.717, 1.165) is 15.4 Å². The zero-order chi connectivity index (χ0) is 10.8. The number of carbonyl (C=O) groups is 1. The van der Waals surface area contributed by atoms with E-state index in [2.05, 4.69) is 15.9 Å². The molecule has 0 bridgehead atoms. The maximum Gasteiger partial charge on any atom is 0.348 e. The Morgan fingerprint density at radius 2 is 2.33 bits per heavy atom. The molecule has 2 rings (SSSR count). The lowest BCUT2D eigenvalue weighted by Gasteiger charge is -1.95. The van der Waals surface area contributed by atoms with Crippen molar-refractivity contribution >= 4 is 43.3 Å². The van der Waals surface area contributed by atoms with E-state index >= 15 is 0 Å². The molecule has 0 fully saturated rings. The quantitative estimate of drug-likeness (QED) is 0.622. The lowest BCUT2D eigenvalue weighted by Crippen LogP contribution is -1.96. The molecule has 0 atom stereocenters. The van der Waals surface area contributed by atoms with Crippen LogP contribution in [0.2, 0.25) is 0 Å². The number of carbonyl (C=O) groups excluding carboxylic acids is 1. The average molecular weight is 285 g/mol. The molecule has 0 saturated heterocycles. The molecule has 0 spiro atoms. The van der Waals surface area contributed by atoms with E-state index in [4.69, 9.17) is 4.74 Å². The third-order valence-corrected chi connectivity index (χ3v) is 3.87. The molecule has 1 aromatic heterocycles. The van der Waals surface area contributed by atoms with Crippen LogP contribution in [-0.2, 0) is 10.1 Å². The van der Waals surface area contributed by atoms with E-state index in [0.29, 0.717) is 4.88 Å². The number of rotatable bonds is 2. The highest BCUT2D eigenvalue weighted by molar-refractivity contribution is 9.08. The summed E-state index contributed by atoms with van der Waals surface area (Å²) in [5.74, 6) is -0.267. The standard InChI is InChI=1S/C11H9BrO2S/c1-14-11(13)10-5-8-7(6-12)3-2-4-9(8)15-10/h2-5H,6H2,1H3. The highest BCUT2D eigenvalue weighted by atomic mass is 79.9. The number of fused-ring (bicyclic) bond motifs is 1. The fraction of sp³-hybridized carbons (Fsp3) is 0.182. The Morgan fingerprint density at radius 3 is 3.00 bits per heavy atom. The van der Waals surface area contributed by atoms with Gasteiger partial charge >= 0.3 is 5.97 Å². The minimum atomic E-state index is -0.267. The lowest BCUT2D eigenvalue weighted by atomic mass is 10.1. The molecule has 78 valence electrons. The van der Waals surface area contributed by atoms with Gasteiger partial charge in [-0.1, -0.05) is 28.1 Å². The van der Waals surface area contributed by atoms with Crippen molar-refractivity contribution in [3.8, 4) is 0 Å². The van der Waals surface area contributed by atoms with E-state index in [1.807, 2.05) is 24.3 Å². The number of hydrogen-bond acceptors (Lipinski definition) is 3. The third kappa shape index (κ3) is 1.92. The summed E-state index contributed by atoms with van der Waals surface area (Å²) < 4.78 is 5.82. The Morgan fingerprint density at radius 1 is 1.53 bits per heavy atom. The van der Waals surface area contributed by atoms with Crippen LogP contribution in [0.25, 0.3) is 10.1 Å². The average Bonchev–Trinajstić information content (AvgIpc) is 2.71. The summed E-state index contributed by atoms with van der Waals surface area (Å²) in [5, 5.41) is 1.92. The topological polar surface area (TPSA) is 26.3 Å². The largest absolute Gasteiger partial charge is 0.465 e. The van der Waals surface area contributed by atoms with E-state index in [1.54, 1.807) is 0 Å². The molecule has 0 aliphatic heterocycles. The van der Waals surface area contributed by atoms with E-state index < -0.39 is 0 Å². The molecule has 0 unspecified atom stereocenters. The zero-order valence-electron chi connectivity index (χ0n) is 8.12. The summed E-state index contributed by atoms with van der Waals surface area (Å²) >= 11 is 4.89. The molecule has 15 heavy (non-hydrogen) atoms. The second-order valence-electron chi connectivity index (χ2n) is 3.06. The van der Waals surface area contributed by atoms with Crippen molar-refractivity contribution in [2.75, 3.05) is 7.11 Å². The summed E-state index contributed by atoms with van der Waals surface area (Å²) in [6, 6.07) is 7.95. The minimum Gasteiger partial charge on any atom is -0.465 e. The molecule has 0 radical (unpaired) electrons. The van der Waals surface area contributed by atoms with Crippen LogP contribution in [0.15, 0.2) is 24.3 Å². The Balaban J connectivity index is 2.60. The summed E-state index contributed by atoms with van der Waals surface area (Å²) in [7, 11) is 1.40. The van der Waals surface area contributed by atoms with Gasteiger partial charge < -0.3 is 4.74 Å². The Bertz CT molecular complexity index is 504. The molecule has 0 aliphatic rings. The van der Waals surface area contributed by atoms with Crippen molar-refractivity contribution in [3.05, 3.63) is 34.7 Å².